The molecule has 5 rings (SSSR count). The number of phenols is 2. The van der Waals surface area contributed by atoms with Crippen LogP contribution in [0, 0.1) is 0 Å². The lowest BCUT2D eigenvalue weighted by atomic mass is 10.1. The number of rotatable bonds is 6. The third-order valence-corrected chi connectivity index (χ3v) is 6.92. The molecule has 184 valence electrons. The van der Waals surface area contributed by atoms with E-state index in [9.17, 15) is 15.0 Å². The molecule has 36 heavy (non-hydrogen) atoms. The van der Waals surface area contributed by atoms with E-state index < -0.39 is 0 Å². The van der Waals surface area contributed by atoms with Gasteiger partial charge in [-0.15, -0.1) is 5.10 Å². The van der Waals surface area contributed by atoms with Crippen molar-refractivity contribution in [1.29, 1.82) is 0 Å². The summed E-state index contributed by atoms with van der Waals surface area (Å²) in [5.41, 5.74) is 2.06. The number of nitrogens with zero attached hydrogens (tertiary/aromatic N) is 5. The van der Waals surface area contributed by atoms with Crippen molar-refractivity contribution in [2.45, 2.75) is 13.1 Å². The van der Waals surface area contributed by atoms with E-state index in [1.165, 1.54) is 0 Å². The largest absolute Gasteiger partial charge is 0.507 e. The highest BCUT2D eigenvalue weighted by molar-refractivity contribution is 5.73. The van der Waals surface area contributed by atoms with E-state index in [1.807, 2.05) is 18.2 Å². The fourth-order valence-electron chi connectivity index (χ4n) is 4.75. The molecule has 1 fully saturated rings. The molecule has 1 aliphatic heterocycles. The van der Waals surface area contributed by atoms with Crippen LogP contribution in [0.2, 0.25) is 0 Å². The number of para-hydroxylation sites is 2. The van der Waals surface area contributed by atoms with Crippen LogP contribution in [0.15, 0.2) is 78.9 Å². The van der Waals surface area contributed by atoms with Crippen molar-refractivity contribution >= 4 is 5.91 Å². The Kier molecular flexibility index (Phi) is 6.54. The van der Waals surface area contributed by atoms with E-state index in [4.69, 9.17) is 0 Å². The van der Waals surface area contributed by atoms with Crippen LogP contribution in [0.3, 0.4) is 0 Å². The SMILES string of the molecule is CN1CC[N+](Cc2ccccc2)(C(=O)Cn2nc(-c3ccccc3O)nc2-c2ccccc2O)CC1. The zero-order valence-electron chi connectivity index (χ0n) is 20.3. The third-order valence-electron chi connectivity index (χ3n) is 6.92. The Morgan fingerprint density at radius 2 is 1.44 bits per heavy atom. The summed E-state index contributed by atoms with van der Waals surface area (Å²) in [6, 6.07) is 23.8. The van der Waals surface area contributed by atoms with Crippen LogP contribution in [0.4, 0.5) is 0 Å². The van der Waals surface area contributed by atoms with E-state index in [2.05, 4.69) is 34.2 Å². The maximum absolute atomic E-state index is 14.0. The molecule has 8 nitrogen and oxygen atoms in total. The normalized spacial score (nSPS) is 15.6. The maximum atomic E-state index is 14.0. The van der Waals surface area contributed by atoms with Gasteiger partial charge in [0, 0.05) is 18.7 Å². The molecule has 0 unspecified atom stereocenters. The average molecular weight is 485 g/mol. The lowest BCUT2D eigenvalue weighted by molar-refractivity contribution is -0.872. The zero-order valence-corrected chi connectivity index (χ0v) is 20.3. The number of piperazine rings is 1. The minimum Gasteiger partial charge on any atom is -0.507 e. The van der Waals surface area contributed by atoms with E-state index in [1.54, 1.807) is 53.2 Å². The summed E-state index contributed by atoms with van der Waals surface area (Å²) < 4.78 is 1.88. The Hall–Kier alpha value is -4.01. The van der Waals surface area contributed by atoms with E-state index in [-0.39, 0.29) is 24.0 Å². The number of aromatic hydroxyl groups is 2. The number of carbonyl (C=O) groups excluding carboxylic acids is 1. The molecule has 1 aliphatic rings. The smallest absolute Gasteiger partial charge is 0.335 e. The number of benzene rings is 3. The highest BCUT2D eigenvalue weighted by atomic mass is 16.3. The van der Waals surface area contributed by atoms with Gasteiger partial charge in [0.1, 0.15) is 18.0 Å². The van der Waals surface area contributed by atoms with Crippen molar-refractivity contribution in [3.8, 4) is 34.3 Å². The van der Waals surface area contributed by atoms with Gasteiger partial charge in [0.15, 0.2) is 18.2 Å². The molecule has 2 N–H and O–H groups in total. The molecule has 0 spiro atoms. The fourth-order valence-corrected chi connectivity index (χ4v) is 4.75. The topological polar surface area (TPSA) is 91.5 Å². The summed E-state index contributed by atoms with van der Waals surface area (Å²) in [6.07, 6.45) is 0. The van der Waals surface area contributed by atoms with Crippen LogP contribution < -0.4 is 0 Å². The molecule has 1 saturated heterocycles. The van der Waals surface area contributed by atoms with Crippen molar-refractivity contribution < 1.29 is 19.5 Å². The molecule has 0 bridgehead atoms. The molecule has 8 heteroatoms. The monoisotopic (exact) mass is 484 g/mol. The minimum absolute atomic E-state index is 0.000805. The number of carbonyl (C=O) groups is 1. The minimum atomic E-state index is 0.000805. The molecule has 2 heterocycles. The molecule has 4 aromatic rings. The lowest BCUT2D eigenvalue weighted by Crippen LogP contribution is -2.62. The Labute approximate surface area is 210 Å². The van der Waals surface area contributed by atoms with E-state index >= 15 is 0 Å². The third kappa shape index (κ3) is 4.73. The molecule has 1 aromatic heterocycles. The second-order valence-electron chi connectivity index (χ2n) is 9.38. The second kappa shape index (κ2) is 9.93. The molecular formula is C28H30N5O3+. The molecule has 0 radical (unpaired) electrons. The average Bonchev–Trinajstić information content (AvgIpc) is 3.30. The van der Waals surface area contributed by atoms with Gasteiger partial charge >= 0.3 is 5.91 Å². The predicted octanol–water partition coefficient (Wildman–Crippen LogP) is 3.51. The Balaban J connectivity index is 1.54. The van der Waals surface area contributed by atoms with Crippen molar-refractivity contribution in [2.75, 3.05) is 33.2 Å². The van der Waals surface area contributed by atoms with Crippen LogP contribution >= 0.6 is 0 Å². The van der Waals surface area contributed by atoms with Crippen molar-refractivity contribution in [2.24, 2.45) is 0 Å². The summed E-state index contributed by atoms with van der Waals surface area (Å²) in [6.45, 7) is 3.67. The number of aromatic nitrogens is 3. The number of likely N-dealkylation sites (N-methyl/N-ethyl adjacent to an activating group) is 1. The Morgan fingerprint density at radius 1 is 0.861 bits per heavy atom. The first-order chi connectivity index (χ1) is 17.4. The van der Waals surface area contributed by atoms with Gasteiger partial charge < -0.3 is 10.2 Å². The van der Waals surface area contributed by atoms with Crippen LogP contribution in [0.25, 0.3) is 22.8 Å². The number of phenolic OH excluding ortho intramolecular Hbond substituents is 2. The highest BCUT2D eigenvalue weighted by Crippen LogP contribution is 2.32. The van der Waals surface area contributed by atoms with Crippen LogP contribution in [-0.4, -0.2) is 73.5 Å². The van der Waals surface area contributed by atoms with Crippen molar-refractivity contribution in [3.05, 3.63) is 84.4 Å². The molecule has 0 atom stereocenters. The second-order valence-corrected chi connectivity index (χ2v) is 9.38. The van der Waals surface area contributed by atoms with Gasteiger partial charge in [-0.05, 0) is 31.3 Å². The van der Waals surface area contributed by atoms with Crippen molar-refractivity contribution in [1.82, 2.24) is 19.7 Å². The molecule has 3 aromatic carbocycles. The van der Waals surface area contributed by atoms with Gasteiger partial charge in [0.2, 0.25) is 0 Å². The lowest BCUT2D eigenvalue weighted by Gasteiger charge is -2.41. The maximum Gasteiger partial charge on any atom is 0.335 e. The molecular weight excluding hydrogens is 454 g/mol. The highest BCUT2D eigenvalue weighted by Gasteiger charge is 2.40. The summed E-state index contributed by atoms with van der Waals surface area (Å²) in [4.78, 5) is 20.9. The fraction of sp³-hybridized carbons (Fsp3) is 0.250. The summed E-state index contributed by atoms with van der Waals surface area (Å²) in [5, 5.41) is 25.6. The first-order valence-electron chi connectivity index (χ1n) is 12.1. The summed E-state index contributed by atoms with van der Waals surface area (Å²) >= 11 is 0. The van der Waals surface area contributed by atoms with Crippen LogP contribution in [0.5, 0.6) is 11.5 Å². The standard InChI is InChI=1S/C28H29N5O3/c1-31-15-17-33(18-16-31,20-21-9-3-2-4-10-21)26(36)19-32-28(23-12-6-8-14-25(23)35)29-27(30-32)22-11-5-7-13-24(22)34/h2-14H,15-20H2,1H3,(H-,29,30,34,35)/p+1. The van der Waals surface area contributed by atoms with Gasteiger partial charge in [-0.2, -0.15) is 0 Å². The number of hydrogen-bond donors (Lipinski definition) is 2. The van der Waals surface area contributed by atoms with Gasteiger partial charge in [-0.3, -0.25) is 9.38 Å². The Bertz CT molecular complexity index is 1360. The summed E-state index contributed by atoms with van der Waals surface area (Å²) in [5.74, 6) is 0.822. The summed E-state index contributed by atoms with van der Waals surface area (Å²) in [7, 11) is 2.08. The molecule has 0 saturated carbocycles. The van der Waals surface area contributed by atoms with Gasteiger partial charge in [-0.1, -0.05) is 54.6 Å². The number of quaternary nitrogens is 1. The predicted molar refractivity (Wildman–Crippen MR) is 137 cm³/mol. The number of hydrogen-bond acceptors (Lipinski definition) is 6. The van der Waals surface area contributed by atoms with E-state index in [0.29, 0.717) is 46.9 Å². The van der Waals surface area contributed by atoms with E-state index in [0.717, 1.165) is 18.7 Å². The van der Waals surface area contributed by atoms with Crippen LogP contribution in [0.1, 0.15) is 5.56 Å². The first kappa shape index (κ1) is 23.7. The van der Waals surface area contributed by atoms with Gasteiger partial charge in [-0.25, -0.2) is 14.5 Å². The van der Waals surface area contributed by atoms with Gasteiger partial charge in [0.25, 0.3) is 0 Å². The molecule has 1 amide bonds. The first-order valence-corrected chi connectivity index (χ1v) is 12.1. The van der Waals surface area contributed by atoms with Crippen LogP contribution in [-0.2, 0) is 17.9 Å². The number of amides is 1. The zero-order chi connectivity index (χ0) is 25.1. The van der Waals surface area contributed by atoms with Gasteiger partial charge in [0.05, 0.1) is 24.2 Å². The molecule has 0 aliphatic carbocycles. The Morgan fingerprint density at radius 3 is 2.08 bits per heavy atom. The van der Waals surface area contributed by atoms with Crippen molar-refractivity contribution in [3.63, 3.8) is 0 Å². The quantitative estimate of drug-likeness (QED) is 0.407.